The predicted molar refractivity (Wildman–Crippen MR) is 65.3 cm³/mol. The van der Waals surface area contributed by atoms with Gasteiger partial charge in [-0.05, 0) is 6.07 Å². The van der Waals surface area contributed by atoms with E-state index in [0.29, 0.717) is 0 Å². The third-order valence-corrected chi connectivity index (χ3v) is 2.26. The number of carbonyl (C=O) groups is 1. The van der Waals surface area contributed by atoms with Gasteiger partial charge in [-0.25, -0.2) is 8.78 Å². The van der Waals surface area contributed by atoms with Gasteiger partial charge in [0.25, 0.3) is 5.91 Å². The fourth-order valence-corrected chi connectivity index (χ4v) is 1.27. The van der Waals surface area contributed by atoms with Crippen LogP contribution < -0.4 is 11.1 Å². The molecule has 1 unspecified atom stereocenters. The van der Waals surface area contributed by atoms with Gasteiger partial charge in [-0.1, -0.05) is 6.07 Å². The molecule has 18 heavy (non-hydrogen) atoms. The molecule has 3 N–H and O–H groups in total. The summed E-state index contributed by atoms with van der Waals surface area (Å²) in [5.74, 6) is -1.79. The molecule has 0 radical (unpaired) electrons. The quantitative estimate of drug-likeness (QED) is 0.845. The lowest BCUT2D eigenvalue weighted by Crippen LogP contribution is -2.40. The van der Waals surface area contributed by atoms with E-state index in [4.69, 9.17) is 10.5 Å². The average Bonchev–Trinajstić information content (AvgIpc) is 2.29. The lowest BCUT2D eigenvalue weighted by Gasteiger charge is -2.13. The van der Waals surface area contributed by atoms with Crippen molar-refractivity contribution >= 4 is 18.3 Å². The first-order valence-corrected chi connectivity index (χ1v) is 5.03. The highest BCUT2D eigenvalue weighted by Crippen LogP contribution is 2.09. The van der Waals surface area contributed by atoms with Gasteiger partial charge in [0.05, 0.1) is 0 Å². The number of hydrogen-bond donors (Lipinski definition) is 2. The molecule has 102 valence electrons. The molecule has 4 nitrogen and oxygen atoms in total. The van der Waals surface area contributed by atoms with Crippen molar-refractivity contribution in [3.8, 4) is 0 Å². The molecule has 0 spiro atoms. The molecule has 0 saturated carbocycles. The molecule has 7 heteroatoms. The van der Waals surface area contributed by atoms with Crippen molar-refractivity contribution in [2.75, 3.05) is 13.7 Å². The number of hydrogen-bond acceptors (Lipinski definition) is 3. The highest BCUT2D eigenvalue weighted by Gasteiger charge is 2.15. The Balaban J connectivity index is 0.00000289. The topological polar surface area (TPSA) is 64.3 Å². The molecule has 1 rings (SSSR count). The Labute approximate surface area is 110 Å². The van der Waals surface area contributed by atoms with Crippen molar-refractivity contribution < 1.29 is 18.3 Å². The van der Waals surface area contributed by atoms with E-state index in [-0.39, 0.29) is 31.1 Å². The first-order valence-electron chi connectivity index (χ1n) is 5.03. The van der Waals surface area contributed by atoms with E-state index >= 15 is 0 Å². The molecular weight excluding hydrogens is 266 g/mol. The molecule has 1 atom stereocenters. The highest BCUT2D eigenvalue weighted by atomic mass is 35.5. The fraction of sp³-hybridized carbons (Fsp3) is 0.364. The molecule has 0 aliphatic rings. The first-order chi connectivity index (χ1) is 8.08. The molecule has 0 saturated heterocycles. The summed E-state index contributed by atoms with van der Waals surface area (Å²) >= 11 is 0. The molecule has 1 aromatic rings. The van der Waals surface area contributed by atoms with Gasteiger partial charge >= 0.3 is 0 Å². The van der Waals surface area contributed by atoms with E-state index in [1.54, 1.807) is 0 Å². The molecule has 0 heterocycles. The first kappa shape index (κ1) is 16.8. The van der Waals surface area contributed by atoms with Gasteiger partial charge < -0.3 is 15.8 Å². The maximum Gasteiger partial charge on any atom is 0.250 e. The maximum atomic E-state index is 13.2. The van der Waals surface area contributed by atoms with Crippen molar-refractivity contribution in [3.63, 3.8) is 0 Å². The minimum Gasteiger partial charge on any atom is -0.370 e. The molecule has 0 aromatic heterocycles. The molecule has 0 fully saturated rings. The van der Waals surface area contributed by atoms with E-state index in [2.05, 4.69) is 5.32 Å². The summed E-state index contributed by atoms with van der Waals surface area (Å²) in [6.07, 6.45) is -0.765. The number of methoxy groups -OCH3 is 1. The molecule has 1 amide bonds. The number of nitrogens with one attached hydrogen (secondary N) is 1. The highest BCUT2D eigenvalue weighted by molar-refractivity contribution is 5.85. The monoisotopic (exact) mass is 280 g/mol. The van der Waals surface area contributed by atoms with Crippen LogP contribution in [0.5, 0.6) is 0 Å². The number of ether oxygens (including phenoxy) is 1. The molecular formula is C11H15ClF2N2O2. The largest absolute Gasteiger partial charge is 0.370 e. The Kier molecular flexibility index (Phi) is 7.42. The zero-order valence-electron chi connectivity index (χ0n) is 9.78. The predicted octanol–water partition coefficient (Wildman–Crippen LogP) is 0.977. The second kappa shape index (κ2) is 7.97. The number of benzene rings is 1. The number of halogens is 3. The summed E-state index contributed by atoms with van der Waals surface area (Å²) in [6, 6.07) is 3.16. The van der Waals surface area contributed by atoms with Crippen LogP contribution in [0.2, 0.25) is 0 Å². The van der Waals surface area contributed by atoms with Crippen molar-refractivity contribution in [2.24, 2.45) is 5.73 Å². The van der Waals surface area contributed by atoms with Gasteiger partial charge in [-0.2, -0.15) is 0 Å². The van der Waals surface area contributed by atoms with E-state index in [0.717, 1.165) is 12.1 Å². The number of amides is 1. The zero-order chi connectivity index (χ0) is 12.8. The van der Waals surface area contributed by atoms with Gasteiger partial charge in [-0.3, -0.25) is 4.79 Å². The van der Waals surface area contributed by atoms with Crippen LogP contribution in [-0.4, -0.2) is 25.7 Å². The Bertz CT molecular complexity index is 401. The smallest absolute Gasteiger partial charge is 0.250 e. The van der Waals surface area contributed by atoms with Crippen LogP contribution in [0.3, 0.4) is 0 Å². The summed E-state index contributed by atoms with van der Waals surface area (Å²) < 4.78 is 30.6. The summed E-state index contributed by atoms with van der Waals surface area (Å²) in [7, 11) is 1.36. The maximum absolute atomic E-state index is 13.2. The average molecular weight is 281 g/mol. The normalized spacial score (nSPS) is 11.6. The molecule has 0 aliphatic carbocycles. The minimum atomic E-state index is -0.765. The number of carbonyl (C=O) groups excluding carboxylic acids is 1. The lowest BCUT2D eigenvalue weighted by molar-refractivity contribution is -0.130. The van der Waals surface area contributed by atoms with Gasteiger partial charge in [0, 0.05) is 31.8 Å². The van der Waals surface area contributed by atoms with Crippen LogP contribution in [0.1, 0.15) is 5.56 Å². The van der Waals surface area contributed by atoms with Crippen molar-refractivity contribution in [3.05, 3.63) is 35.4 Å². The van der Waals surface area contributed by atoms with Crippen LogP contribution in [-0.2, 0) is 16.1 Å². The van der Waals surface area contributed by atoms with Crippen LogP contribution >= 0.6 is 12.4 Å². The van der Waals surface area contributed by atoms with Crippen LogP contribution in [0.4, 0.5) is 8.78 Å². The third kappa shape index (κ3) is 4.56. The third-order valence-electron chi connectivity index (χ3n) is 2.26. The standard InChI is InChI=1S/C11H14F2N2O2.ClH/c1-17-10(5-14)11(16)15-6-7-2-3-8(12)4-9(7)13;/h2-4,10H,5-6,14H2,1H3,(H,15,16);1H. The minimum absolute atomic E-state index is 0. The van der Waals surface area contributed by atoms with E-state index in [9.17, 15) is 13.6 Å². The van der Waals surface area contributed by atoms with Gasteiger partial charge in [0.15, 0.2) is 0 Å². The SMILES string of the molecule is COC(CN)C(=O)NCc1ccc(F)cc1F.Cl. The fourth-order valence-electron chi connectivity index (χ4n) is 1.27. The van der Waals surface area contributed by atoms with E-state index < -0.39 is 23.6 Å². The van der Waals surface area contributed by atoms with Crippen molar-refractivity contribution in [2.45, 2.75) is 12.6 Å². The lowest BCUT2D eigenvalue weighted by atomic mass is 10.2. The number of rotatable bonds is 5. The van der Waals surface area contributed by atoms with Gasteiger partial charge in [0.2, 0.25) is 0 Å². The van der Waals surface area contributed by atoms with Gasteiger partial charge in [-0.15, -0.1) is 12.4 Å². The summed E-state index contributed by atoms with van der Waals surface area (Å²) in [6.45, 7) is -0.000952. The Hall–Kier alpha value is -1.24. The van der Waals surface area contributed by atoms with Crippen LogP contribution in [0, 0.1) is 11.6 Å². The van der Waals surface area contributed by atoms with E-state index in [1.807, 2.05) is 0 Å². The van der Waals surface area contributed by atoms with Crippen LogP contribution in [0.25, 0.3) is 0 Å². The summed E-state index contributed by atoms with van der Waals surface area (Å²) in [4.78, 5) is 11.4. The summed E-state index contributed by atoms with van der Waals surface area (Å²) in [5, 5.41) is 2.45. The Morgan fingerprint density at radius 1 is 1.50 bits per heavy atom. The van der Waals surface area contributed by atoms with Crippen LogP contribution in [0.15, 0.2) is 18.2 Å². The van der Waals surface area contributed by atoms with E-state index in [1.165, 1.54) is 13.2 Å². The zero-order valence-corrected chi connectivity index (χ0v) is 10.6. The molecule has 0 bridgehead atoms. The van der Waals surface area contributed by atoms with Crippen molar-refractivity contribution in [1.29, 1.82) is 0 Å². The molecule has 0 aliphatic heterocycles. The second-order valence-electron chi connectivity index (χ2n) is 3.41. The second-order valence-corrected chi connectivity index (χ2v) is 3.41. The Morgan fingerprint density at radius 3 is 2.67 bits per heavy atom. The molecule has 1 aromatic carbocycles. The van der Waals surface area contributed by atoms with Gasteiger partial charge in [0.1, 0.15) is 17.7 Å². The van der Waals surface area contributed by atoms with Crippen molar-refractivity contribution in [1.82, 2.24) is 5.32 Å². The summed E-state index contributed by atoms with van der Waals surface area (Å²) in [5.41, 5.74) is 5.49. The number of nitrogens with two attached hydrogens (primary N) is 1. The Morgan fingerprint density at radius 2 is 2.17 bits per heavy atom.